The molecule has 0 spiro atoms. The number of nitrogens with zero attached hydrogens (tertiary/aromatic N) is 2. The van der Waals surface area contributed by atoms with E-state index in [9.17, 15) is 14.4 Å². The Hall–Kier alpha value is -3.12. The molecule has 2 aliphatic heterocycles. The zero-order valence-corrected chi connectivity index (χ0v) is 19.2. The SMILES string of the molecule is Cc1cccc(N2C(=O)C(Cl)=C(Nc3ccc(C(=O)N4CCCCC4C)cc3)C2=O)c1C. The van der Waals surface area contributed by atoms with Crippen LogP contribution in [0.5, 0.6) is 0 Å². The van der Waals surface area contributed by atoms with Crippen molar-refractivity contribution in [1.82, 2.24) is 4.90 Å². The van der Waals surface area contributed by atoms with E-state index >= 15 is 0 Å². The molecule has 0 saturated carbocycles. The predicted octanol–water partition coefficient (Wildman–Crippen LogP) is 4.75. The number of anilines is 2. The molecule has 1 atom stereocenters. The maximum absolute atomic E-state index is 13.1. The fraction of sp³-hybridized carbons (Fsp3) is 0.320. The van der Waals surface area contributed by atoms with Gasteiger partial charge in [-0.2, -0.15) is 0 Å². The first-order chi connectivity index (χ1) is 15.3. The fourth-order valence-electron chi connectivity index (χ4n) is 4.21. The van der Waals surface area contributed by atoms with Gasteiger partial charge in [-0.05, 0) is 81.5 Å². The molecular weight excluding hydrogens is 426 g/mol. The van der Waals surface area contributed by atoms with E-state index in [1.54, 1.807) is 36.4 Å². The first kappa shape index (κ1) is 22.1. The number of carbonyl (C=O) groups is 3. The van der Waals surface area contributed by atoms with Gasteiger partial charge in [-0.3, -0.25) is 14.4 Å². The molecule has 0 aromatic heterocycles. The molecule has 1 saturated heterocycles. The highest BCUT2D eigenvalue weighted by molar-refractivity contribution is 6.53. The van der Waals surface area contributed by atoms with E-state index in [-0.39, 0.29) is 22.7 Å². The molecule has 166 valence electrons. The standard InChI is InChI=1S/C25H26ClN3O3/c1-15-7-6-9-20(17(15)3)29-24(31)21(26)22(25(29)32)27-19-12-10-18(11-13-19)23(30)28-14-5-4-8-16(28)2/h6-7,9-13,16,27H,4-5,8,14H2,1-3H3. The number of benzene rings is 2. The molecule has 1 unspecified atom stereocenters. The molecule has 1 fully saturated rings. The van der Waals surface area contributed by atoms with Gasteiger partial charge >= 0.3 is 0 Å². The van der Waals surface area contributed by atoms with E-state index in [2.05, 4.69) is 12.2 Å². The lowest BCUT2D eigenvalue weighted by atomic mass is 10.0. The molecule has 0 aliphatic carbocycles. The summed E-state index contributed by atoms with van der Waals surface area (Å²) >= 11 is 6.25. The van der Waals surface area contributed by atoms with Gasteiger partial charge in [0.05, 0.1) is 5.69 Å². The molecule has 7 heteroatoms. The summed E-state index contributed by atoms with van der Waals surface area (Å²) in [6.07, 6.45) is 3.19. The monoisotopic (exact) mass is 451 g/mol. The Bertz CT molecular complexity index is 1120. The van der Waals surface area contributed by atoms with Gasteiger partial charge in [0.1, 0.15) is 10.7 Å². The second-order valence-corrected chi connectivity index (χ2v) is 8.78. The summed E-state index contributed by atoms with van der Waals surface area (Å²) in [4.78, 5) is 41.7. The van der Waals surface area contributed by atoms with Crippen molar-refractivity contribution in [2.24, 2.45) is 0 Å². The van der Waals surface area contributed by atoms with Crippen molar-refractivity contribution in [2.75, 3.05) is 16.8 Å². The van der Waals surface area contributed by atoms with Crippen LogP contribution in [0.15, 0.2) is 53.2 Å². The van der Waals surface area contributed by atoms with Gasteiger partial charge in [-0.15, -0.1) is 0 Å². The first-order valence-corrected chi connectivity index (χ1v) is 11.2. The highest BCUT2D eigenvalue weighted by Gasteiger charge is 2.39. The van der Waals surface area contributed by atoms with Crippen molar-refractivity contribution in [3.8, 4) is 0 Å². The number of piperidine rings is 1. The minimum atomic E-state index is -0.557. The summed E-state index contributed by atoms with van der Waals surface area (Å²) in [5, 5.41) is 2.82. The molecule has 2 aromatic rings. The van der Waals surface area contributed by atoms with Crippen LogP contribution in [0.25, 0.3) is 0 Å². The Morgan fingerprint density at radius 3 is 2.44 bits per heavy atom. The molecule has 2 heterocycles. The predicted molar refractivity (Wildman–Crippen MR) is 126 cm³/mol. The molecule has 6 nitrogen and oxygen atoms in total. The lowest BCUT2D eigenvalue weighted by molar-refractivity contribution is -0.120. The quantitative estimate of drug-likeness (QED) is 0.681. The van der Waals surface area contributed by atoms with E-state index in [0.29, 0.717) is 16.9 Å². The molecule has 3 amide bonds. The zero-order chi connectivity index (χ0) is 23.0. The van der Waals surface area contributed by atoms with Crippen molar-refractivity contribution in [1.29, 1.82) is 0 Å². The van der Waals surface area contributed by atoms with Crippen LogP contribution in [0, 0.1) is 13.8 Å². The van der Waals surface area contributed by atoms with Crippen LogP contribution in [-0.2, 0) is 9.59 Å². The molecular formula is C25H26ClN3O3. The average molecular weight is 452 g/mol. The molecule has 0 bridgehead atoms. The highest BCUT2D eigenvalue weighted by Crippen LogP contribution is 2.33. The van der Waals surface area contributed by atoms with Crippen LogP contribution < -0.4 is 10.2 Å². The Kier molecular flexibility index (Phi) is 6.07. The molecule has 2 aromatic carbocycles. The lowest BCUT2D eigenvalue weighted by Gasteiger charge is -2.33. The number of imide groups is 1. The molecule has 1 N–H and O–H groups in total. The Morgan fingerprint density at radius 2 is 1.75 bits per heavy atom. The second-order valence-electron chi connectivity index (χ2n) is 8.40. The number of hydrogen-bond acceptors (Lipinski definition) is 4. The van der Waals surface area contributed by atoms with Gasteiger partial charge in [0.25, 0.3) is 17.7 Å². The summed E-state index contributed by atoms with van der Waals surface area (Å²) in [7, 11) is 0. The van der Waals surface area contributed by atoms with Gasteiger partial charge in [0.2, 0.25) is 0 Å². The van der Waals surface area contributed by atoms with E-state index in [1.807, 2.05) is 24.8 Å². The van der Waals surface area contributed by atoms with Crippen LogP contribution in [0.1, 0.15) is 47.7 Å². The summed E-state index contributed by atoms with van der Waals surface area (Å²) in [5.41, 5.74) is 3.53. The highest BCUT2D eigenvalue weighted by atomic mass is 35.5. The number of halogens is 1. The van der Waals surface area contributed by atoms with Gasteiger partial charge in [0, 0.05) is 23.8 Å². The van der Waals surface area contributed by atoms with Crippen molar-refractivity contribution in [3.63, 3.8) is 0 Å². The Balaban J connectivity index is 1.52. The lowest BCUT2D eigenvalue weighted by Crippen LogP contribution is -2.42. The number of rotatable bonds is 4. The van der Waals surface area contributed by atoms with Crippen molar-refractivity contribution >= 4 is 40.7 Å². The molecule has 2 aliphatic rings. The molecule has 0 radical (unpaired) electrons. The molecule has 32 heavy (non-hydrogen) atoms. The maximum Gasteiger partial charge on any atom is 0.283 e. The maximum atomic E-state index is 13.1. The smallest absolute Gasteiger partial charge is 0.283 e. The third-order valence-corrected chi connectivity index (χ3v) is 6.66. The summed E-state index contributed by atoms with van der Waals surface area (Å²) < 4.78 is 0. The van der Waals surface area contributed by atoms with Gasteiger partial charge in [-0.25, -0.2) is 4.90 Å². The third-order valence-electron chi connectivity index (χ3n) is 6.31. The third kappa shape index (κ3) is 3.91. The summed E-state index contributed by atoms with van der Waals surface area (Å²) in [5.74, 6) is -1.05. The van der Waals surface area contributed by atoms with Crippen molar-refractivity contribution in [2.45, 2.75) is 46.1 Å². The van der Waals surface area contributed by atoms with Crippen LogP contribution in [0.2, 0.25) is 0 Å². The summed E-state index contributed by atoms with van der Waals surface area (Å²) in [6.45, 7) is 6.63. The average Bonchev–Trinajstić information content (AvgIpc) is 2.99. The van der Waals surface area contributed by atoms with E-state index in [1.165, 1.54) is 0 Å². The van der Waals surface area contributed by atoms with Gasteiger partial charge in [-0.1, -0.05) is 23.7 Å². The minimum absolute atomic E-state index is 0.00853. The molecule has 4 rings (SSSR count). The summed E-state index contributed by atoms with van der Waals surface area (Å²) in [6, 6.07) is 12.6. The second kappa shape index (κ2) is 8.79. The largest absolute Gasteiger partial charge is 0.350 e. The first-order valence-electron chi connectivity index (χ1n) is 10.8. The van der Waals surface area contributed by atoms with Crippen LogP contribution in [0.4, 0.5) is 11.4 Å². The van der Waals surface area contributed by atoms with Crippen molar-refractivity contribution < 1.29 is 14.4 Å². The van der Waals surface area contributed by atoms with Gasteiger partial charge in [0.15, 0.2) is 0 Å². The fourth-order valence-corrected chi connectivity index (χ4v) is 4.43. The van der Waals surface area contributed by atoms with Crippen LogP contribution in [0.3, 0.4) is 0 Å². The normalized spacial score (nSPS) is 19.1. The van der Waals surface area contributed by atoms with Crippen LogP contribution in [-0.4, -0.2) is 35.2 Å². The number of amides is 3. The topological polar surface area (TPSA) is 69.7 Å². The minimum Gasteiger partial charge on any atom is -0.350 e. The Morgan fingerprint density at radius 1 is 1.03 bits per heavy atom. The number of carbonyl (C=O) groups excluding carboxylic acids is 3. The number of nitrogens with one attached hydrogen (secondary N) is 1. The van der Waals surface area contributed by atoms with E-state index in [0.717, 1.165) is 41.8 Å². The zero-order valence-electron chi connectivity index (χ0n) is 18.4. The van der Waals surface area contributed by atoms with E-state index in [4.69, 9.17) is 11.6 Å². The number of hydrogen-bond donors (Lipinski definition) is 1. The Labute approximate surface area is 192 Å². The van der Waals surface area contributed by atoms with Crippen LogP contribution >= 0.6 is 11.6 Å². The number of likely N-dealkylation sites (tertiary alicyclic amines) is 1. The number of aryl methyl sites for hydroxylation is 1. The van der Waals surface area contributed by atoms with E-state index < -0.39 is 11.8 Å². The van der Waals surface area contributed by atoms with Gasteiger partial charge < -0.3 is 10.2 Å². The van der Waals surface area contributed by atoms with Crippen molar-refractivity contribution in [3.05, 3.63) is 69.9 Å².